The molecule has 14 heavy (non-hydrogen) atoms. The highest BCUT2D eigenvalue weighted by Crippen LogP contribution is 2.22. The van der Waals surface area contributed by atoms with Gasteiger partial charge in [-0.3, -0.25) is 4.68 Å². The van der Waals surface area contributed by atoms with E-state index in [1.165, 1.54) is 0 Å². The van der Waals surface area contributed by atoms with Crippen LogP contribution in [0.15, 0.2) is 6.20 Å². The summed E-state index contributed by atoms with van der Waals surface area (Å²) in [4.78, 5) is 0. The lowest BCUT2D eigenvalue weighted by atomic mass is 9.89. The molecule has 1 atom stereocenters. The summed E-state index contributed by atoms with van der Waals surface area (Å²) in [5.41, 5.74) is 0.764. The Kier molecular flexibility index (Phi) is 3.22. The van der Waals surface area contributed by atoms with E-state index in [9.17, 15) is 5.11 Å². The molecule has 0 spiro atoms. The topological polar surface area (TPSA) is 38.0 Å². The van der Waals surface area contributed by atoms with E-state index in [2.05, 4.69) is 5.10 Å². The Bertz CT molecular complexity index is 314. The molecule has 0 amide bonds. The van der Waals surface area contributed by atoms with Crippen LogP contribution in [0.25, 0.3) is 0 Å². The molecule has 0 saturated carbocycles. The van der Waals surface area contributed by atoms with Crippen LogP contribution >= 0.6 is 11.6 Å². The lowest BCUT2D eigenvalue weighted by molar-refractivity contribution is 0.0445. The summed E-state index contributed by atoms with van der Waals surface area (Å²) < 4.78 is 1.73. The van der Waals surface area contributed by atoms with Crippen LogP contribution in [0.5, 0.6) is 0 Å². The summed E-state index contributed by atoms with van der Waals surface area (Å²) in [5, 5.41) is 14.6. The van der Waals surface area contributed by atoms with Gasteiger partial charge in [-0.2, -0.15) is 5.10 Å². The summed E-state index contributed by atoms with van der Waals surface area (Å²) in [6.45, 7) is 8.38. The summed E-state index contributed by atoms with van der Waals surface area (Å²) in [5.74, 6) is 0. The second-order valence-electron chi connectivity index (χ2n) is 4.64. The summed E-state index contributed by atoms with van der Waals surface area (Å²) in [6, 6.07) is 0. The fraction of sp³-hybridized carbons (Fsp3) is 0.700. The zero-order valence-corrected chi connectivity index (χ0v) is 9.84. The molecule has 80 valence electrons. The Balaban J connectivity index is 2.75. The minimum atomic E-state index is -0.419. The lowest BCUT2D eigenvalue weighted by Gasteiger charge is -2.26. The number of halogens is 1. The maximum Gasteiger partial charge on any atom is 0.0814 e. The van der Waals surface area contributed by atoms with Crippen molar-refractivity contribution in [1.82, 2.24) is 9.78 Å². The van der Waals surface area contributed by atoms with E-state index < -0.39 is 6.10 Å². The first-order chi connectivity index (χ1) is 6.32. The number of hydrogen-bond acceptors (Lipinski definition) is 2. The lowest BCUT2D eigenvalue weighted by Crippen LogP contribution is -2.31. The quantitative estimate of drug-likeness (QED) is 0.824. The third-order valence-corrected chi connectivity index (χ3v) is 2.76. The molecule has 0 fully saturated rings. The first-order valence-electron chi connectivity index (χ1n) is 4.68. The molecule has 1 unspecified atom stereocenters. The van der Waals surface area contributed by atoms with Crippen LogP contribution in [0, 0.1) is 12.3 Å². The summed E-state index contributed by atoms with van der Waals surface area (Å²) in [6.07, 6.45) is 1.18. The monoisotopic (exact) mass is 216 g/mol. The fourth-order valence-electron chi connectivity index (χ4n) is 1.05. The number of hydrogen-bond donors (Lipinski definition) is 1. The van der Waals surface area contributed by atoms with Gasteiger partial charge in [0.1, 0.15) is 0 Å². The van der Waals surface area contributed by atoms with Crippen molar-refractivity contribution in [2.45, 2.75) is 40.3 Å². The van der Waals surface area contributed by atoms with Gasteiger partial charge in [0.2, 0.25) is 0 Å². The number of aromatic nitrogens is 2. The van der Waals surface area contributed by atoms with Crippen molar-refractivity contribution < 1.29 is 5.11 Å². The van der Waals surface area contributed by atoms with Gasteiger partial charge in [0.05, 0.1) is 29.6 Å². The van der Waals surface area contributed by atoms with Gasteiger partial charge in [-0.05, 0) is 12.3 Å². The van der Waals surface area contributed by atoms with Gasteiger partial charge in [-0.15, -0.1) is 0 Å². The first kappa shape index (κ1) is 11.5. The molecule has 3 nitrogen and oxygen atoms in total. The van der Waals surface area contributed by atoms with Crippen molar-refractivity contribution >= 4 is 11.6 Å². The molecule has 1 rings (SSSR count). The number of aliphatic hydroxyl groups is 1. The highest BCUT2D eigenvalue weighted by molar-refractivity contribution is 6.31. The highest BCUT2D eigenvalue weighted by Gasteiger charge is 2.23. The first-order valence-corrected chi connectivity index (χ1v) is 5.06. The van der Waals surface area contributed by atoms with E-state index in [0.29, 0.717) is 11.6 Å². The molecule has 0 bridgehead atoms. The minimum absolute atomic E-state index is 0.134. The summed E-state index contributed by atoms with van der Waals surface area (Å²) >= 11 is 5.86. The van der Waals surface area contributed by atoms with E-state index in [-0.39, 0.29) is 5.41 Å². The molecule has 0 aliphatic heterocycles. The van der Waals surface area contributed by atoms with Crippen LogP contribution in [0.3, 0.4) is 0 Å². The van der Waals surface area contributed by atoms with Crippen LogP contribution in [0.2, 0.25) is 5.02 Å². The zero-order valence-electron chi connectivity index (χ0n) is 9.08. The Morgan fingerprint density at radius 3 is 2.50 bits per heavy atom. The van der Waals surface area contributed by atoms with Gasteiger partial charge in [0, 0.05) is 0 Å². The average molecular weight is 217 g/mol. The number of rotatable bonds is 2. The largest absolute Gasteiger partial charge is 0.391 e. The highest BCUT2D eigenvalue weighted by atomic mass is 35.5. The van der Waals surface area contributed by atoms with Crippen molar-refractivity contribution in [3.63, 3.8) is 0 Å². The SMILES string of the molecule is Cc1c(Cl)cnn1CC(O)C(C)(C)C. The molecule has 0 aliphatic rings. The van der Waals surface area contributed by atoms with Gasteiger partial charge in [-0.25, -0.2) is 0 Å². The summed E-state index contributed by atoms with van der Waals surface area (Å²) in [7, 11) is 0. The van der Waals surface area contributed by atoms with Gasteiger partial charge in [0.15, 0.2) is 0 Å². The Morgan fingerprint density at radius 2 is 2.14 bits per heavy atom. The van der Waals surface area contributed by atoms with Crippen molar-refractivity contribution in [1.29, 1.82) is 0 Å². The molecule has 4 heteroatoms. The molecule has 0 radical (unpaired) electrons. The van der Waals surface area contributed by atoms with Gasteiger partial charge >= 0.3 is 0 Å². The predicted molar refractivity (Wildman–Crippen MR) is 57.4 cm³/mol. The van der Waals surface area contributed by atoms with E-state index in [1.54, 1.807) is 10.9 Å². The second kappa shape index (κ2) is 3.91. The van der Waals surface area contributed by atoms with Gasteiger partial charge in [-0.1, -0.05) is 32.4 Å². The van der Waals surface area contributed by atoms with E-state index in [0.717, 1.165) is 5.69 Å². The molecular formula is C10H17ClN2O. The van der Waals surface area contributed by atoms with Crippen molar-refractivity contribution in [3.8, 4) is 0 Å². The Labute approximate surface area is 89.7 Å². The standard InChI is InChI=1S/C10H17ClN2O/c1-7-8(11)5-12-13(7)6-9(14)10(2,3)4/h5,9,14H,6H2,1-4H3. The molecule has 0 aliphatic carbocycles. The van der Waals surface area contributed by atoms with Crippen molar-refractivity contribution in [3.05, 3.63) is 16.9 Å². The molecule has 1 N–H and O–H groups in total. The zero-order chi connectivity index (χ0) is 10.9. The molecule has 1 aromatic rings. The molecule has 0 saturated heterocycles. The molecular weight excluding hydrogens is 200 g/mol. The van der Waals surface area contributed by atoms with Crippen LogP contribution in [0.4, 0.5) is 0 Å². The normalized spacial score (nSPS) is 14.4. The van der Waals surface area contributed by atoms with E-state index in [1.807, 2.05) is 27.7 Å². The van der Waals surface area contributed by atoms with Gasteiger partial charge in [0.25, 0.3) is 0 Å². The molecule has 0 aromatic carbocycles. The van der Waals surface area contributed by atoms with Crippen molar-refractivity contribution in [2.75, 3.05) is 0 Å². The van der Waals surface area contributed by atoms with E-state index in [4.69, 9.17) is 11.6 Å². The van der Waals surface area contributed by atoms with Crippen molar-refractivity contribution in [2.24, 2.45) is 5.41 Å². The van der Waals surface area contributed by atoms with Gasteiger partial charge < -0.3 is 5.11 Å². The number of aliphatic hydroxyl groups excluding tert-OH is 1. The van der Waals surface area contributed by atoms with Crippen LogP contribution < -0.4 is 0 Å². The smallest absolute Gasteiger partial charge is 0.0814 e. The second-order valence-corrected chi connectivity index (χ2v) is 5.05. The third kappa shape index (κ3) is 2.49. The predicted octanol–water partition coefficient (Wildman–Crippen LogP) is 2.25. The minimum Gasteiger partial charge on any atom is -0.391 e. The molecule has 1 aromatic heterocycles. The number of nitrogens with zero attached hydrogens (tertiary/aromatic N) is 2. The Hall–Kier alpha value is -0.540. The third-order valence-electron chi connectivity index (χ3n) is 2.39. The maximum atomic E-state index is 9.87. The van der Waals surface area contributed by atoms with E-state index >= 15 is 0 Å². The maximum absolute atomic E-state index is 9.87. The van der Waals surface area contributed by atoms with Crippen LogP contribution in [0.1, 0.15) is 26.5 Å². The molecule has 1 heterocycles. The average Bonchev–Trinajstić information content (AvgIpc) is 2.34. The van der Waals surface area contributed by atoms with Crippen LogP contribution in [-0.4, -0.2) is 21.0 Å². The fourth-order valence-corrected chi connectivity index (χ4v) is 1.19. The van der Waals surface area contributed by atoms with Crippen LogP contribution in [-0.2, 0) is 6.54 Å². The Morgan fingerprint density at radius 1 is 1.57 bits per heavy atom.